The Morgan fingerprint density at radius 1 is 0.727 bits per heavy atom. The van der Waals surface area contributed by atoms with Crippen molar-refractivity contribution < 1.29 is 4.74 Å². The van der Waals surface area contributed by atoms with Crippen molar-refractivity contribution in [2.45, 2.75) is 94.1 Å². The molecule has 2 nitrogen and oxygen atoms in total. The van der Waals surface area contributed by atoms with Gasteiger partial charge in [-0.3, -0.25) is 0 Å². The summed E-state index contributed by atoms with van der Waals surface area (Å²) in [5.74, 6) is 0. The molecule has 1 saturated heterocycles. The molecule has 22 heavy (non-hydrogen) atoms. The van der Waals surface area contributed by atoms with Crippen molar-refractivity contribution >= 4 is 0 Å². The van der Waals surface area contributed by atoms with Gasteiger partial charge in [0.15, 0.2) is 0 Å². The molecule has 1 aliphatic heterocycles. The summed E-state index contributed by atoms with van der Waals surface area (Å²) < 4.78 is 4.94. The summed E-state index contributed by atoms with van der Waals surface area (Å²) in [7, 11) is 1.71. The van der Waals surface area contributed by atoms with Crippen LogP contribution in [0.2, 0.25) is 0 Å². The Labute approximate surface area is 142 Å². The van der Waals surface area contributed by atoms with E-state index < -0.39 is 0 Å². The van der Waals surface area contributed by atoms with Crippen LogP contribution in [0.25, 0.3) is 0 Å². The first-order valence-corrected chi connectivity index (χ1v) is 8.91. The van der Waals surface area contributed by atoms with Gasteiger partial charge in [-0.1, -0.05) is 54.9 Å². The van der Waals surface area contributed by atoms with Crippen molar-refractivity contribution in [3.63, 3.8) is 0 Å². The fourth-order valence-electron chi connectivity index (χ4n) is 1.79. The third-order valence-electron chi connectivity index (χ3n) is 2.76. The fourth-order valence-corrected chi connectivity index (χ4v) is 1.79. The Morgan fingerprint density at radius 3 is 1.27 bits per heavy atom. The maximum absolute atomic E-state index is 4.94. The molecule has 1 heterocycles. The zero-order valence-corrected chi connectivity index (χ0v) is 17.6. The monoisotopic (exact) mass is 315 g/mol. The van der Waals surface area contributed by atoms with Crippen LogP contribution in [0.3, 0.4) is 0 Å². The molecule has 0 saturated carbocycles. The highest BCUT2D eigenvalue weighted by Crippen LogP contribution is 2.18. The zero-order chi connectivity index (χ0) is 18.0. The van der Waals surface area contributed by atoms with Crippen LogP contribution in [0.15, 0.2) is 0 Å². The summed E-state index contributed by atoms with van der Waals surface area (Å²) in [6.07, 6.45) is 4.27. The normalized spacial score (nSPS) is 17.0. The molecule has 1 rings (SSSR count). The molecule has 1 fully saturated rings. The summed E-state index contributed by atoms with van der Waals surface area (Å²) in [6, 6.07) is 0. The van der Waals surface area contributed by atoms with Crippen LogP contribution in [0.5, 0.6) is 0 Å². The smallest absolute Gasteiger partial charge is 0.0594 e. The molecule has 0 bridgehead atoms. The third-order valence-corrected chi connectivity index (χ3v) is 2.76. The van der Waals surface area contributed by atoms with Gasteiger partial charge in [-0.2, -0.15) is 0 Å². The highest BCUT2D eigenvalue weighted by Gasteiger charge is 2.17. The maximum atomic E-state index is 4.94. The van der Waals surface area contributed by atoms with Gasteiger partial charge in [0.25, 0.3) is 0 Å². The molecular formula is C20H45NO. The van der Waals surface area contributed by atoms with E-state index in [-0.39, 0.29) is 5.60 Å². The highest BCUT2D eigenvalue weighted by molar-refractivity contribution is 4.71. The standard InChI is InChI=1S/C10H21N.C5H12O.C5H12/c1-10(2,3)9-11-7-5-4-6-8-11;1-5(2,3)6-4;1-5(2,3)4/h4-9H2,1-3H3;1-4H3;1-4H3. The number of piperidine rings is 1. The number of hydrogen-bond donors (Lipinski definition) is 0. The number of methoxy groups -OCH3 is 1. The molecule has 0 aliphatic carbocycles. The average Bonchev–Trinajstić information content (AvgIpc) is 2.25. The van der Waals surface area contributed by atoms with E-state index in [4.69, 9.17) is 4.74 Å². The van der Waals surface area contributed by atoms with E-state index in [1.807, 2.05) is 20.8 Å². The second-order valence-corrected chi connectivity index (χ2v) is 10.2. The highest BCUT2D eigenvalue weighted by atomic mass is 16.5. The Hall–Kier alpha value is -0.0800. The van der Waals surface area contributed by atoms with Crippen molar-refractivity contribution in [1.82, 2.24) is 4.90 Å². The molecule has 0 aromatic heterocycles. The quantitative estimate of drug-likeness (QED) is 0.588. The van der Waals surface area contributed by atoms with E-state index in [1.54, 1.807) is 7.11 Å². The van der Waals surface area contributed by atoms with Gasteiger partial charge in [-0.15, -0.1) is 0 Å². The predicted octanol–water partition coefficient (Wildman–Crippen LogP) is 6.00. The minimum atomic E-state index is 0.0417. The molecule has 0 aromatic carbocycles. The predicted molar refractivity (Wildman–Crippen MR) is 102 cm³/mol. The van der Waals surface area contributed by atoms with Gasteiger partial charge in [-0.05, 0) is 57.5 Å². The maximum Gasteiger partial charge on any atom is 0.0594 e. The van der Waals surface area contributed by atoms with E-state index in [9.17, 15) is 0 Å². The first kappa shape index (κ1) is 24.2. The molecule has 0 unspecified atom stereocenters. The third kappa shape index (κ3) is 28.1. The van der Waals surface area contributed by atoms with Crippen LogP contribution in [-0.2, 0) is 4.74 Å². The zero-order valence-electron chi connectivity index (χ0n) is 17.6. The molecule has 0 atom stereocenters. The van der Waals surface area contributed by atoms with E-state index in [1.165, 1.54) is 38.9 Å². The van der Waals surface area contributed by atoms with Crippen LogP contribution >= 0.6 is 0 Å². The van der Waals surface area contributed by atoms with Crippen LogP contribution in [-0.4, -0.2) is 37.2 Å². The van der Waals surface area contributed by atoms with Gasteiger partial charge >= 0.3 is 0 Å². The Kier molecular flexibility index (Phi) is 11.7. The molecule has 136 valence electrons. The second kappa shape index (κ2) is 10.6. The number of rotatable bonds is 1. The van der Waals surface area contributed by atoms with Crippen LogP contribution in [0.1, 0.15) is 88.5 Å². The lowest BCUT2D eigenvalue weighted by Crippen LogP contribution is -2.36. The largest absolute Gasteiger partial charge is 0.379 e. The molecule has 0 aromatic rings. The van der Waals surface area contributed by atoms with Gasteiger partial charge in [0.1, 0.15) is 0 Å². The number of ether oxygens (including phenoxy) is 1. The molecule has 1 aliphatic rings. The Bertz CT molecular complexity index is 240. The Balaban J connectivity index is 0. The first-order valence-electron chi connectivity index (χ1n) is 8.91. The molecule has 0 radical (unpaired) electrons. The molecule has 0 spiro atoms. The summed E-state index contributed by atoms with van der Waals surface area (Å²) in [5.41, 5.74) is 1.03. The van der Waals surface area contributed by atoms with E-state index >= 15 is 0 Å². The minimum absolute atomic E-state index is 0.0417. The summed E-state index contributed by atoms with van der Waals surface area (Å²) in [5, 5.41) is 0. The molecular weight excluding hydrogens is 270 g/mol. The van der Waals surface area contributed by atoms with Crippen LogP contribution in [0, 0.1) is 10.8 Å². The Morgan fingerprint density at radius 2 is 1.05 bits per heavy atom. The van der Waals surface area contributed by atoms with Gasteiger partial charge in [0, 0.05) is 13.7 Å². The van der Waals surface area contributed by atoms with Crippen molar-refractivity contribution in [2.75, 3.05) is 26.7 Å². The van der Waals surface area contributed by atoms with Crippen LogP contribution < -0.4 is 0 Å². The SMILES string of the molecule is CC(C)(C)C.CC(C)(C)CN1CCCCC1.COC(C)(C)C. The van der Waals surface area contributed by atoms with Crippen molar-refractivity contribution in [2.24, 2.45) is 10.8 Å². The summed E-state index contributed by atoms with van der Waals surface area (Å²) >= 11 is 0. The van der Waals surface area contributed by atoms with E-state index in [2.05, 4.69) is 53.4 Å². The van der Waals surface area contributed by atoms with Crippen molar-refractivity contribution in [3.05, 3.63) is 0 Å². The molecule has 0 N–H and O–H groups in total. The van der Waals surface area contributed by atoms with Crippen LogP contribution in [0.4, 0.5) is 0 Å². The lowest BCUT2D eigenvalue weighted by atomic mass is 9.95. The molecule has 0 amide bonds. The summed E-state index contributed by atoms with van der Waals surface area (Å²) in [4.78, 5) is 2.60. The average molecular weight is 316 g/mol. The van der Waals surface area contributed by atoms with E-state index in [0.717, 1.165) is 0 Å². The number of nitrogens with zero attached hydrogens (tertiary/aromatic N) is 1. The first-order chi connectivity index (χ1) is 9.64. The van der Waals surface area contributed by atoms with Gasteiger partial charge in [0.2, 0.25) is 0 Å². The summed E-state index contributed by atoms with van der Waals surface area (Å²) in [6.45, 7) is 25.7. The lowest BCUT2D eigenvalue weighted by molar-refractivity contribution is 0.0397. The van der Waals surface area contributed by atoms with Crippen molar-refractivity contribution in [3.8, 4) is 0 Å². The molecule has 2 heteroatoms. The van der Waals surface area contributed by atoms with Gasteiger partial charge in [0.05, 0.1) is 5.60 Å². The fraction of sp³-hybridized carbons (Fsp3) is 1.00. The lowest BCUT2D eigenvalue weighted by Gasteiger charge is -2.32. The topological polar surface area (TPSA) is 12.5 Å². The van der Waals surface area contributed by atoms with Gasteiger partial charge < -0.3 is 9.64 Å². The minimum Gasteiger partial charge on any atom is -0.379 e. The second-order valence-electron chi connectivity index (χ2n) is 10.2. The number of hydrogen-bond acceptors (Lipinski definition) is 2. The van der Waals surface area contributed by atoms with E-state index in [0.29, 0.717) is 10.8 Å². The number of likely N-dealkylation sites (tertiary alicyclic amines) is 1. The van der Waals surface area contributed by atoms with Crippen molar-refractivity contribution in [1.29, 1.82) is 0 Å². The van der Waals surface area contributed by atoms with Gasteiger partial charge in [-0.25, -0.2) is 0 Å².